The van der Waals surface area contributed by atoms with Crippen LogP contribution in [0.3, 0.4) is 0 Å². The molecule has 8 nitrogen and oxygen atoms in total. The summed E-state index contributed by atoms with van der Waals surface area (Å²) in [6, 6.07) is 13.2. The number of aromatic nitrogens is 5. The summed E-state index contributed by atoms with van der Waals surface area (Å²) in [6.45, 7) is 6.56. The van der Waals surface area contributed by atoms with Crippen molar-refractivity contribution in [3.8, 4) is 0 Å². The number of para-hydroxylation sites is 1. The maximum absolute atomic E-state index is 12.6. The molecule has 2 heterocycles. The number of hydrogen-bond acceptors (Lipinski definition) is 6. The van der Waals surface area contributed by atoms with E-state index in [1.165, 1.54) is 11.8 Å². The van der Waals surface area contributed by atoms with Gasteiger partial charge in [-0.25, -0.2) is 4.98 Å². The number of aromatic amines is 1. The van der Waals surface area contributed by atoms with Crippen LogP contribution in [0.1, 0.15) is 29.7 Å². The second-order valence-electron chi connectivity index (χ2n) is 7.50. The van der Waals surface area contributed by atoms with Crippen LogP contribution in [-0.2, 0) is 23.5 Å². The molecule has 0 unspecified atom stereocenters. The lowest BCUT2D eigenvalue weighted by atomic mass is 10.1. The van der Waals surface area contributed by atoms with Crippen LogP contribution in [0.4, 0.5) is 5.69 Å². The first kappa shape index (κ1) is 21.8. The van der Waals surface area contributed by atoms with Gasteiger partial charge in [-0.2, -0.15) is 0 Å². The summed E-state index contributed by atoms with van der Waals surface area (Å²) in [7, 11) is 0. The van der Waals surface area contributed by atoms with E-state index >= 15 is 0 Å². The molecule has 0 aliphatic carbocycles. The number of benzene rings is 2. The highest BCUT2D eigenvalue weighted by molar-refractivity contribution is 7.98. The maximum atomic E-state index is 12.6. The molecule has 4 aromatic rings. The number of carbonyl (C=O) groups is 1. The van der Waals surface area contributed by atoms with Gasteiger partial charge in [-0.05, 0) is 50.1 Å². The number of carbonyl (C=O) groups excluding carboxylic acids is 1. The predicted molar refractivity (Wildman–Crippen MR) is 126 cm³/mol. The average Bonchev–Trinajstić information content (AvgIpc) is 3.16. The van der Waals surface area contributed by atoms with Crippen molar-refractivity contribution in [2.24, 2.45) is 0 Å². The van der Waals surface area contributed by atoms with Crippen LogP contribution in [0.15, 0.2) is 52.4 Å². The third-order valence-corrected chi connectivity index (χ3v) is 6.07. The fourth-order valence-electron chi connectivity index (χ4n) is 3.42. The second kappa shape index (κ2) is 9.35. The zero-order chi connectivity index (χ0) is 22.7. The SMILES string of the molecule is CCn1c(CC(=O)Nc2cc(C)ccc2C)nnc1SCc1nc2ccccc2c(=O)[nH]1. The van der Waals surface area contributed by atoms with Crippen molar-refractivity contribution in [2.45, 2.75) is 44.6 Å². The highest BCUT2D eigenvalue weighted by atomic mass is 32.2. The lowest BCUT2D eigenvalue weighted by molar-refractivity contribution is -0.115. The number of nitrogens with one attached hydrogen (secondary N) is 2. The Labute approximate surface area is 189 Å². The Hall–Kier alpha value is -3.46. The molecule has 0 atom stereocenters. The Morgan fingerprint density at radius 2 is 1.97 bits per heavy atom. The minimum Gasteiger partial charge on any atom is -0.325 e. The first-order valence-corrected chi connectivity index (χ1v) is 11.3. The van der Waals surface area contributed by atoms with Crippen molar-refractivity contribution in [1.29, 1.82) is 0 Å². The quantitative estimate of drug-likeness (QED) is 0.418. The molecule has 9 heteroatoms. The summed E-state index contributed by atoms with van der Waals surface area (Å²) in [5.41, 5.74) is 3.40. The Morgan fingerprint density at radius 3 is 2.78 bits per heavy atom. The standard InChI is InChI=1S/C23H24N6O2S/c1-4-29-20(12-21(30)25-18-11-14(2)9-10-15(18)3)27-28-23(29)32-13-19-24-17-8-6-5-7-16(17)22(31)26-19/h5-11H,4,12-13H2,1-3H3,(H,25,30)(H,24,26,31). The lowest BCUT2D eigenvalue weighted by Crippen LogP contribution is -2.18. The van der Waals surface area contributed by atoms with E-state index in [0.717, 1.165) is 16.8 Å². The minimum atomic E-state index is -0.160. The molecule has 4 rings (SSSR count). The van der Waals surface area contributed by atoms with E-state index in [1.807, 2.05) is 61.7 Å². The summed E-state index contributed by atoms with van der Waals surface area (Å²) in [5.74, 6) is 1.46. The number of amides is 1. The molecule has 164 valence electrons. The summed E-state index contributed by atoms with van der Waals surface area (Å²) < 4.78 is 1.91. The number of anilines is 1. The number of rotatable bonds is 7. The largest absolute Gasteiger partial charge is 0.325 e. The molecule has 0 radical (unpaired) electrons. The number of aryl methyl sites for hydroxylation is 2. The van der Waals surface area contributed by atoms with Crippen LogP contribution in [0.2, 0.25) is 0 Å². The number of nitrogens with zero attached hydrogens (tertiary/aromatic N) is 4. The smallest absolute Gasteiger partial charge is 0.258 e. The van der Waals surface area contributed by atoms with Crippen LogP contribution in [-0.4, -0.2) is 30.6 Å². The van der Waals surface area contributed by atoms with Crippen LogP contribution < -0.4 is 10.9 Å². The molecule has 2 N–H and O–H groups in total. The highest BCUT2D eigenvalue weighted by Gasteiger charge is 2.16. The van der Waals surface area contributed by atoms with Gasteiger partial charge in [0.2, 0.25) is 5.91 Å². The highest BCUT2D eigenvalue weighted by Crippen LogP contribution is 2.22. The summed E-state index contributed by atoms with van der Waals surface area (Å²) in [5, 5.41) is 12.7. The van der Waals surface area contributed by atoms with Gasteiger partial charge < -0.3 is 14.9 Å². The zero-order valence-electron chi connectivity index (χ0n) is 18.2. The van der Waals surface area contributed by atoms with Crippen molar-refractivity contribution in [3.05, 3.63) is 75.6 Å². The molecule has 2 aromatic carbocycles. The average molecular weight is 449 g/mol. The summed E-state index contributed by atoms with van der Waals surface area (Å²) >= 11 is 1.42. The van der Waals surface area contributed by atoms with E-state index in [0.29, 0.717) is 40.0 Å². The van der Waals surface area contributed by atoms with Gasteiger partial charge in [0.1, 0.15) is 11.6 Å². The van der Waals surface area contributed by atoms with Crippen molar-refractivity contribution >= 4 is 34.3 Å². The van der Waals surface area contributed by atoms with Crippen LogP contribution in [0.25, 0.3) is 10.9 Å². The summed E-state index contributed by atoms with van der Waals surface area (Å²) in [6.07, 6.45) is 0.125. The third kappa shape index (κ3) is 4.72. The Bertz CT molecular complexity index is 1340. The molecule has 1 amide bonds. The Kier molecular flexibility index (Phi) is 6.36. The lowest BCUT2D eigenvalue weighted by Gasteiger charge is -2.10. The van der Waals surface area contributed by atoms with Crippen LogP contribution >= 0.6 is 11.8 Å². The van der Waals surface area contributed by atoms with Gasteiger partial charge in [-0.3, -0.25) is 9.59 Å². The Balaban J connectivity index is 1.46. The molecular formula is C23H24N6O2S. The fourth-order valence-corrected chi connectivity index (χ4v) is 4.31. The molecule has 0 aliphatic heterocycles. The molecule has 32 heavy (non-hydrogen) atoms. The van der Waals surface area contributed by atoms with E-state index in [1.54, 1.807) is 6.07 Å². The topological polar surface area (TPSA) is 106 Å². The molecule has 0 fully saturated rings. The van der Waals surface area contributed by atoms with Gasteiger partial charge >= 0.3 is 0 Å². The van der Waals surface area contributed by atoms with Gasteiger partial charge in [0, 0.05) is 12.2 Å². The van der Waals surface area contributed by atoms with E-state index in [2.05, 4.69) is 25.5 Å². The first-order valence-electron chi connectivity index (χ1n) is 10.3. The molecule has 2 aromatic heterocycles. The third-order valence-electron chi connectivity index (χ3n) is 5.10. The molecule has 0 aliphatic rings. The summed E-state index contributed by atoms with van der Waals surface area (Å²) in [4.78, 5) is 32.2. The van der Waals surface area contributed by atoms with Gasteiger partial charge in [0.15, 0.2) is 5.16 Å². The fraction of sp³-hybridized carbons (Fsp3) is 0.261. The molecule has 0 saturated carbocycles. The number of H-pyrrole nitrogens is 1. The van der Waals surface area contributed by atoms with Crippen molar-refractivity contribution in [3.63, 3.8) is 0 Å². The van der Waals surface area contributed by atoms with Gasteiger partial charge in [0.05, 0.1) is 23.1 Å². The van der Waals surface area contributed by atoms with Gasteiger partial charge in [-0.1, -0.05) is 36.0 Å². The second-order valence-corrected chi connectivity index (χ2v) is 8.45. The van der Waals surface area contributed by atoms with Crippen molar-refractivity contribution in [1.82, 2.24) is 24.7 Å². The maximum Gasteiger partial charge on any atom is 0.258 e. The molecular weight excluding hydrogens is 424 g/mol. The van der Waals surface area contributed by atoms with E-state index in [9.17, 15) is 9.59 Å². The van der Waals surface area contributed by atoms with Crippen molar-refractivity contribution < 1.29 is 4.79 Å². The van der Waals surface area contributed by atoms with E-state index in [4.69, 9.17) is 0 Å². The monoisotopic (exact) mass is 448 g/mol. The molecule has 0 bridgehead atoms. The number of thioether (sulfide) groups is 1. The molecule has 0 saturated heterocycles. The molecule has 0 spiro atoms. The normalized spacial score (nSPS) is 11.1. The number of hydrogen-bond donors (Lipinski definition) is 2. The predicted octanol–water partition coefficient (Wildman–Crippen LogP) is 3.62. The van der Waals surface area contributed by atoms with E-state index in [-0.39, 0.29) is 17.9 Å². The number of fused-ring (bicyclic) bond motifs is 1. The Morgan fingerprint density at radius 1 is 1.16 bits per heavy atom. The van der Waals surface area contributed by atoms with Gasteiger partial charge in [-0.15, -0.1) is 10.2 Å². The van der Waals surface area contributed by atoms with Crippen LogP contribution in [0, 0.1) is 13.8 Å². The first-order chi connectivity index (χ1) is 15.4. The minimum absolute atomic E-state index is 0.125. The van der Waals surface area contributed by atoms with Gasteiger partial charge in [0.25, 0.3) is 5.56 Å². The zero-order valence-corrected chi connectivity index (χ0v) is 19.0. The van der Waals surface area contributed by atoms with Crippen molar-refractivity contribution in [2.75, 3.05) is 5.32 Å². The van der Waals surface area contributed by atoms with Crippen LogP contribution in [0.5, 0.6) is 0 Å². The van der Waals surface area contributed by atoms with E-state index < -0.39 is 0 Å².